The van der Waals surface area contributed by atoms with E-state index in [0.717, 1.165) is 0 Å². The van der Waals surface area contributed by atoms with Crippen LogP contribution in [-0.4, -0.2) is 17.9 Å². The maximum absolute atomic E-state index is 10.9. The number of hydrogen-bond donors (Lipinski definition) is 0. The summed E-state index contributed by atoms with van der Waals surface area (Å²) in [5, 5.41) is 0. The van der Waals surface area contributed by atoms with E-state index in [1.165, 1.54) is 0 Å². The predicted molar refractivity (Wildman–Crippen MR) is 35.3 cm³/mol. The quantitative estimate of drug-likeness (QED) is 0.516. The number of hydrogen-bond acceptors (Lipinski definition) is 3. The Morgan fingerprint density at radius 3 is 2.40 bits per heavy atom. The number of carbonyl (C=O) groups excluding carboxylic acids is 1. The second-order valence-corrected chi connectivity index (χ2v) is 2.84. The summed E-state index contributed by atoms with van der Waals surface area (Å²) in [6, 6.07) is 0. The molecule has 0 aliphatic carbocycles. The summed E-state index contributed by atoms with van der Waals surface area (Å²) in [6.45, 7) is 5.37. The summed E-state index contributed by atoms with van der Waals surface area (Å²) < 4.78 is 10.1. The first-order chi connectivity index (χ1) is 4.55. The first-order valence-corrected chi connectivity index (χ1v) is 3.46. The Labute approximate surface area is 60.3 Å². The molecule has 0 spiro atoms. The summed E-state index contributed by atoms with van der Waals surface area (Å²) >= 11 is 0. The molecular formula is C7H12O3. The Kier molecular flexibility index (Phi) is 1.68. The fourth-order valence-electron chi connectivity index (χ4n) is 0.973. The Bertz CT molecular complexity index is 151. The zero-order valence-corrected chi connectivity index (χ0v) is 6.51. The van der Waals surface area contributed by atoms with Crippen molar-refractivity contribution in [2.24, 2.45) is 0 Å². The van der Waals surface area contributed by atoms with E-state index >= 15 is 0 Å². The number of ether oxygens (including phenoxy) is 2. The monoisotopic (exact) mass is 144 g/mol. The molecule has 0 saturated carbocycles. The van der Waals surface area contributed by atoms with Gasteiger partial charge in [-0.05, 0) is 6.42 Å². The Hall–Kier alpha value is -0.570. The van der Waals surface area contributed by atoms with E-state index < -0.39 is 5.79 Å². The molecule has 0 bridgehead atoms. The molecule has 0 unspecified atom stereocenters. The average Bonchev–Trinajstić information content (AvgIpc) is 2.05. The van der Waals surface area contributed by atoms with Gasteiger partial charge < -0.3 is 9.47 Å². The third-order valence-corrected chi connectivity index (χ3v) is 1.41. The molecule has 1 saturated heterocycles. The molecule has 0 aromatic heterocycles. The van der Waals surface area contributed by atoms with Crippen LogP contribution in [0.4, 0.5) is 0 Å². The van der Waals surface area contributed by atoms with Gasteiger partial charge in [0.25, 0.3) is 0 Å². The molecule has 1 fully saturated rings. The van der Waals surface area contributed by atoms with Crippen molar-refractivity contribution in [1.82, 2.24) is 0 Å². The third kappa shape index (κ3) is 1.29. The fraction of sp³-hybridized carbons (Fsp3) is 0.857. The molecule has 10 heavy (non-hydrogen) atoms. The smallest absolute Gasteiger partial charge is 0.337 e. The lowest BCUT2D eigenvalue weighted by Gasteiger charge is -2.14. The summed E-state index contributed by atoms with van der Waals surface area (Å²) in [6.07, 6.45) is 0.331. The number of esters is 1. The van der Waals surface area contributed by atoms with Gasteiger partial charge in [-0.1, -0.05) is 6.92 Å². The highest BCUT2D eigenvalue weighted by atomic mass is 16.8. The molecular weight excluding hydrogens is 132 g/mol. The first-order valence-electron chi connectivity index (χ1n) is 3.46. The van der Waals surface area contributed by atoms with Crippen LogP contribution in [0.25, 0.3) is 0 Å². The average molecular weight is 144 g/mol. The highest BCUT2D eigenvalue weighted by Crippen LogP contribution is 2.24. The van der Waals surface area contributed by atoms with Crippen LogP contribution >= 0.6 is 0 Å². The minimum Gasteiger partial charge on any atom is -0.432 e. The summed E-state index contributed by atoms with van der Waals surface area (Å²) in [5.41, 5.74) is 0. The van der Waals surface area contributed by atoms with Gasteiger partial charge in [-0.2, -0.15) is 0 Å². The van der Waals surface area contributed by atoms with Gasteiger partial charge in [-0.3, -0.25) is 0 Å². The lowest BCUT2D eigenvalue weighted by atomic mass is 10.3. The minimum atomic E-state index is -0.711. The van der Waals surface area contributed by atoms with Gasteiger partial charge in [-0.15, -0.1) is 0 Å². The van der Waals surface area contributed by atoms with Gasteiger partial charge in [0.2, 0.25) is 5.79 Å². The summed E-state index contributed by atoms with van der Waals surface area (Å²) in [5.74, 6) is -0.954. The van der Waals surface area contributed by atoms with E-state index in [2.05, 4.69) is 0 Å². The summed E-state index contributed by atoms with van der Waals surface area (Å²) in [4.78, 5) is 10.9. The van der Waals surface area contributed by atoms with E-state index in [1.807, 2.05) is 6.92 Å². The van der Waals surface area contributed by atoms with Crippen molar-refractivity contribution in [1.29, 1.82) is 0 Å². The van der Waals surface area contributed by atoms with E-state index in [9.17, 15) is 4.79 Å². The van der Waals surface area contributed by atoms with Gasteiger partial charge in [0, 0.05) is 13.8 Å². The van der Waals surface area contributed by atoms with Crippen molar-refractivity contribution in [2.45, 2.75) is 39.1 Å². The van der Waals surface area contributed by atoms with Crippen molar-refractivity contribution in [3.63, 3.8) is 0 Å². The Morgan fingerprint density at radius 2 is 2.20 bits per heavy atom. The van der Waals surface area contributed by atoms with Crippen LogP contribution in [0.3, 0.4) is 0 Å². The topological polar surface area (TPSA) is 35.5 Å². The SMILES string of the molecule is CC[C@@H]1OC(C)(C)OC1=O. The van der Waals surface area contributed by atoms with E-state index in [1.54, 1.807) is 13.8 Å². The van der Waals surface area contributed by atoms with Crippen LogP contribution in [0.15, 0.2) is 0 Å². The highest BCUT2D eigenvalue weighted by molar-refractivity contribution is 5.76. The first kappa shape index (κ1) is 7.54. The van der Waals surface area contributed by atoms with Crippen molar-refractivity contribution in [2.75, 3.05) is 0 Å². The van der Waals surface area contributed by atoms with Crippen LogP contribution in [0.1, 0.15) is 27.2 Å². The van der Waals surface area contributed by atoms with Gasteiger partial charge in [-0.25, -0.2) is 4.79 Å². The molecule has 1 aliphatic heterocycles. The lowest BCUT2D eigenvalue weighted by molar-refractivity contribution is -0.160. The van der Waals surface area contributed by atoms with Gasteiger partial charge in [0.15, 0.2) is 6.10 Å². The van der Waals surface area contributed by atoms with Crippen molar-refractivity contribution < 1.29 is 14.3 Å². The lowest BCUT2D eigenvalue weighted by Crippen LogP contribution is -2.21. The van der Waals surface area contributed by atoms with Crippen molar-refractivity contribution in [3.8, 4) is 0 Å². The number of rotatable bonds is 1. The van der Waals surface area contributed by atoms with E-state index in [-0.39, 0.29) is 12.1 Å². The highest BCUT2D eigenvalue weighted by Gasteiger charge is 2.39. The molecule has 3 heteroatoms. The van der Waals surface area contributed by atoms with Crippen LogP contribution in [0.5, 0.6) is 0 Å². The molecule has 1 heterocycles. The molecule has 0 aromatic carbocycles. The van der Waals surface area contributed by atoms with Gasteiger partial charge in [0.05, 0.1) is 0 Å². The molecule has 0 radical (unpaired) electrons. The molecule has 0 N–H and O–H groups in total. The molecule has 1 aliphatic rings. The predicted octanol–water partition coefficient (Wildman–Crippen LogP) is 1.07. The zero-order chi connectivity index (χ0) is 7.78. The molecule has 1 atom stereocenters. The van der Waals surface area contributed by atoms with Gasteiger partial charge >= 0.3 is 5.97 Å². The Balaban J connectivity index is 2.61. The normalized spacial score (nSPS) is 30.3. The van der Waals surface area contributed by atoms with Crippen molar-refractivity contribution >= 4 is 5.97 Å². The van der Waals surface area contributed by atoms with E-state index in [0.29, 0.717) is 6.42 Å². The fourth-order valence-corrected chi connectivity index (χ4v) is 0.973. The maximum atomic E-state index is 10.9. The zero-order valence-electron chi connectivity index (χ0n) is 6.51. The van der Waals surface area contributed by atoms with E-state index in [4.69, 9.17) is 9.47 Å². The second kappa shape index (κ2) is 2.23. The minimum absolute atomic E-state index is 0.243. The molecule has 3 nitrogen and oxygen atoms in total. The standard InChI is InChI=1S/C7H12O3/c1-4-5-6(8)10-7(2,3)9-5/h5H,4H2,1-3H3/t5-/m0/s1. The second-order valence-electron chi connectivity index (χ2n) is 2.84. The van der Waals surface area contributed by atoms with Crippen LogP contribution in [0.2, 0.25) is 0 Å². The van der Waals surface area contributed by atoms with Crippen LogP contribution in [0, 0.1) is 0 Å². The van der Waals surface area contributed by atoms with Crippen LogP contribution < -0.4 is 0 Å². The maximum Gasteiger partial charge on any atom is 0.337 e. The molecule has 1 rings (SSSR count). The largest absolute Gasteiger partial charge is 0.432 e. The molecule has 58 valence electrons. The Morgan fingerprint density at radius 1 is 1.60 bits per heavy atom. The number of cyclic esters (lactones) is 1. The van der Waals surface area contributed by atoms with Crippen LogP contribution in [-0.2, 0) is 14.3 Å². The van der Waals surface area contributed by atoms with Crippen molar-refractivity contribution in [3.05, 3.63) is 0 Å². The number of carbonyl (C=O) groups is 1. The van der Waals surface area contributed by atoms with Gasteiger partial charge in [0.1, 0.15) is 0 Å². The summed E-state index contributed by atoms with van der Waals surface area (Å²) in [7, 11) is 0. The molecule has 0 amide bonds. The molecule has 0 aromatic rings. The third-order valence-electron chi connectivity index (χ3n) is 1.41.